The van der Waals surface area contributed by atoms with Crippen LogP contribution in [0.15, 0.2) is 46.7 Å². The number of amides is 1. The second-order valence-corrected chi connectivity index (χ2v) is 6.91. The molecule has 8 heteroatoms. The van der Waals surface area contributed by atoms with E-state index in [1.165, 1.54) is 0 Å². The Labute approximate surface area is 146 Å². The highest BCUT2D eigenvalue weighted by Crippen LogP contribution is 2.23. The van der Waals surface area contributed by atoms with E-state index >= 15 is 0 Å². The highest BCUT2D eigenvalue weighted by molar-refractivity contribution is 7.98. The van der Waals surface area contributed by atoms with Crippen LogP contribution in [0.4, 0.5) is 5.69 Å². The molecule has 118 valence electrons. The molecule has 0 unspecified atom stereocenters. The lowest BCUT2D eigenvalue weighted by Gasteiger charge is -2.08. The van der Waals surface area contributed by atoms with E-state index in [0.717, 1.165) is 15.5 Å². The van der Waals surface area contributed by atoms with E-state index in [1.807, 2.05) is 48.0 Å². The van der Waals surface area contributed by atoms with Gasteiger partial charge >= 0.3 is 0 Å². The molecule has 0 radical (unpaired) electrons. The molecule has 5 nitrogen and oxygen atoms in total. The third-order valence-corrected chi connectivity index (χ3v) is 5.10. The Hall–Kier alpha value is -1.90. The summed E-state index contributed by atoms with van der Waals surface area (Å²) in [7, 11) is 0. The van der Waals surface area contributed by atoms with Gasteiger partial charge in [-0.3, -0.25) is 14.5 Å². The highest BCUT2D eigenvalue weighted by atomic mass is 32.2. The summed E-state index contributed by atoms with van der Waals surface area (Å²) in [5, 5.41) is 11.8. The molecule has 0 atom stereocenters. The zero-order valence-electron chi connectivity index (χ0n) is 12.3. The number of thiophene rings is 1. The van der Waals surface area contributed by atoms with Crippen LogP contribution in [0.25, 0.3) is 10.7 Å². The molecule has 2 aromatic heterocycles. The fourth-order valence-corrected chi connectivity index (χ4v) is 3.40. The van der Waals surface area contributed by atoms with Crippen molar-refractivity contribution in [2.45, 2.75) is 11.4 Å². The lowest BCUT2D eigenvalue weighted by molar-refractivity contribution is -0.116. The lowest BCUT2D eigenvalue weighted by Crippen LogP contribution is -2.19. The minimum absolute atomic E-state index is 0.118. The molecular weight excluding hydrogens is 348 g/mol. The highest BCUT2D eigenvalue weighted by Gasteiger charge is 2.13. The third kappa shape index (κ3) is 3.72. The maximum absolute atomic E-state index is 12.3. The van der Waals surface area contributed by atoms with Crippen molar-refractivity contribution in [1.29, 1.82) is 0 Å². The Bertz CT molecular complexity index is 850. The lowest BCUT2D eigenvalue weighted by atomic mass is 10.3. The first-order valence-corrected chi connectivity index (χ1v) is 9.31. The van der Waals surface area contributed by atoms with Crippen molar-refractivity contribution in [1.82, 2.24) is 14.8 Å². The first kappa shape index (κ1) is 16.0. The minimum Gasteiger partial charge on any atom is -0.325 e. The smallest absolute Gasteiger partial charge is 0.244 e. The van der Waals surface area contributed by atoms with E-state index in [2.05, 4.69) is 15.5 Å². The summed E-state index contributed by atoms with van der Waals surface area (Å²) in [4.78, 5) is 14.4. The van der Waals surface area contributed by atoms with Gasteiger partial charge in [-0.15, -0.1) is 23.1 Å². The molecule has 0 saturated carbocycles. The number of hydrogen-bond acceptors (Lipinski definition) is 5. The molecule has 0 bridgehead atoms. The van der Waals surface area contributed by atoms with Gasteiger partial charge in [0.25, 0.3) is 0 Å². The molecule has 0 aliphatic heterocycles. The van der Waals surface area contributed by atoms with Gasteiger partial charge in [0.05, 0.1) is 4.88 Å². The Balaban J connectivity index is 1.75. The third-order valence-electron chi connectivity index (χ3n) is 3.18. The van der Waals surface area contributed by atoms with Gasteiger partial charge < -0.3 is 5.32 Å². The van der Waals surface area contributed by atoms with E-state index in [0.29, 0.717) is 10.6 Å². The first-order valence-electron chi connectivity index (χ1n) is 6.80. The van der Waals surface area contributed by atoms with Gasteiger partial charge in [0, 0.05) is 10.6 Å². The second-order valence-electron chi connectivity index (χ2n) is 4.69. The van der Waals surface area contributed by atoms with Crippen LogP contribution in [0.2, 0.25) is 0 Å². The number of carbonyl (C=O) groups is 1. The zero-order chi connectivity index (χ0) is 16.2. The van der Waals surface area contributed by atoms with Crippen molar-refractivity contribution in [2.75, 3.05) is 11.6 Å². The predicted octanol–water partition coefficient (Wildman–Crippen LogP) is 4.03. The minimum atomic E-state index is -0.141. The average molecular weight is 363 g/mol. The van der Waals surface area contributed by atoms with Gasteiger partial charge in [0.2, 0.25) is 5.91 Å². The van der Waals surface area contributed by atoms with Crippen LogP contribution in [0.3, 0.4) is 0 Å². The number of anilines is 1. The number of carbonyl (C=O) groups excluding carboxylic acids is 1. The molecule has 1 aromatic carbocycles. The first-order chi connectivity index (χ1) is 11.2. The predicted molar refractivity (Wildman–Crippen MR) is 97.6 cm³/mol. The average Bonchev–Trinajstić information content (AvgIpc) is 3.19. The zero-order valence-corrected chi connectivity index (χ0v) is 14.7. The number of rotatable bonds is 5. The van der Waals surface area contributed by atoms with E-state index < -0.39 is 0 Å². The fraction of sp³-hybridized carbons (Fsp3) is 0.133. The fourth-order valence-electron chi connectivity index (χ4n) is 2.08. The van der Waals surface area contributed by atoms with Gasteiger partial charge in [-0.25, -0.2) is 0 Å². The van der Waals surface area contributed by atoms with Crippen molar-refractivity contribution >= 4 is 46.9 Å². The quantitative estimate of drug-likeness (QED) is 0.531. The molecule has 3 aromatic rings. The van der Waals surface area contributed by atoms with Crippen LogP contribution in [0.1, 0.15) is 0 Å². The topological polar surface area (TPSA) is 62.7 Å². The van der Waals surface area contributed by atoms with Gasteiger partial charge in [0.1, 0.15) is 6.54 Å². The second kappa shape index (κ2) is 7.12. The molecular formula is C15H14N4OS3. The SMILES string of the molecule is CSc1ccc(NC(=O)Cn2c(-c3cccs3)n[nH]c2=S)cc1. The van der Waals surface area contributed by atoms with Crippen LogP contribution >= 0.6 is 35.3 Å². The normalized spacial score (nSPS) is 10.7. The Kier molecular flexibility index (Phi) is 4.94. The van der Waals surface area contributed by atoms with Crippen LogP contribution in [0, 0.1) is 4.77 Å². The maximum atomic E-state index is 12.3. The van der Waals surface area contributed by atoms with Crippen LogP contribution < -0.4 is 5.32 Å². The number of aromatic nitrogens is 3. The number of benzene rings is 1. The van der Waals surface area contributed by atoms with Crippen molar-refractivity contribution in [2.24, 2.45) is 0 Å². The van der Waals surface area contributed by atoms with Crippen LogP contribution in [-0.2, 0) is 11.3 Å². The van der Waals surface area contributed by atoms with Crippen molar-refractivity contribution in [3.63, 3.8) is 0 Å². The molecule has 0 spiro atoms. The standard InChI is InChI=1S/C15H14N4OS3/c1-22-11-6-4-10(5-7-11)16-13(20)9-19-14(17-18-15(19)21)12-3-2-8-23-12/h2-8H,9H2,1H3,(H,16,20)(H,18,21). The van der Waals surface area contributed by atoms with Crippen molar-refractivity contribution < 1.29 is 4.79 Å². The molecule has 0 aliphatic carbocycles. The van der Waals surface area contributed by atoms with Gasteiger partial charge in [-0.2, -0.15) is 5.10 Å². The number of nitrogens with zero attached hydrogens (tertiary/aromatic N) is 2. The number of hydrogen-bond donors (Lipinski definition) is 2. The Morgan fingerprint density at radius 3 is 2.83 bits per heavy atom. The van der Waals surface area contributed by atoms with Gasteiger partial charge in [0.15, 0.2) is 10.6 Å². The molecule has 0 fully saturated rings. The molecule has 2 heterocycles. The Morgan fingerprint density at radius 2 is 2.17 bits per heavy atom. The van der Waals surface area contributed by atoms with Gasteiger partial charge in [-0.05, 0) is 54.2 Å². The number of nitrogens with one attached hydrogen (secondary N) is 2. The number of thioether (sulfide) groups is 1. The summed E-state index contributed by atoms with van der Waals surface area (Å²) in [5.74, 6) is 0.537. The molecule has 0 aliphatic rings. The van der Waals surface area contributed by atoms with E-state index in [9.17, 15) is 4.79 Å². The molecule has 3 rings (SSSR count). The number of H-pyrrole nitrogens is 1. The molecule has 2 N–H and O–H groups in total. The van der Waals surface area contributed by atoms with Crippen LogP contribution in [-0.4, -0.2) is 26.9 Å². The molecule has 23 heavy (non-hydrogen) atoms. The summed E-state index contributed by atoms with van der Waals surface area (Å²) in [6.07, 6.45) is 2.01. The Morgan fingerprint density at radius 1 is 1.39 bits per heavy atom. The van der Waals surface area contributed by atoms with E-state index in [-0.39, 0.29) is 12.5 Å². The summed E-state index contributed by atoms with van der Waals surface area (Å²) in [6.45, 7) is 0.118. The van der Waals surface area contributed by atoms with E-state index in [1.54, 1.807) is 27.7 Å². The van der Waals surface area contributed by atoms with Gasteiger partial charge in [-0.1, -0.05) is 6.07 Å². The summed E-state index contributed by atoms with van der Waals surface area (Å²) >= 11 is 8.45. The van der Waals surface area contributed by atoms with Crippen molar-refractivity contribution in [3.8, 4) is 10.7 Å². The monoisotopic (exact) mass is 362 g/mol. The summed E-state index contributed by atoms with van der Waals surface area (Å²) in [5.41, 5.74) is 0.764. The number of aromatic amines is 1. The maximum Gasteiger partial charge on any atom is 0.244 e. The molecule has 1 amide bonds. The largest absolute Gasteiger partial charge is 0.325 e. The summed E-state index contributed by atoms with van der Waals surface area (Å²) in [6, 6.07) is 11.6. The van der Waals surface area contributed by atoms with Crippen LogP contribution in [0.5, 0.6) is 0 Å². The molecule has 0 saturated heterocycles. The van der Waals surface area contributed by atoms with Crippen molar-refractivity contribution in [3.05, 3.63) is 46.5 Å². The summed E-state index contributed by atoms with van der Waals surface area (Å²) < 4.78 is 2.13. The van der Waals surface area contributed by atoms with E-state index in [4.69, 9.17) is 12.2 Å².